The molecule has 3 aromatic rings. The third-order valence-electron chi connectivity index (χ3n) is 4.85. The van der Waals surface area contributed by atoms with Crippen LogP contribution in [0.3, 0.4) is 0 Å². The number of carbonyl (C=O) groups is 2. The summed E-state index contributed by atoms with van der Waals surface area (Å²) in [5.41, 5.74) is 2.69. The monoisotopic (exact) mass is 495 g/mol. The lowest BCUT2D eigenvalue weighted by molar-refractivity contribution is -0.192. The van der Waals surface area contributed by atoms with Gasteiger partial charge in [-0.05, 0) is 30.3 Å². The number of carboxylic acid groups (broad SMARTS) is 1. The highest BCUT2D eigenvalue weighted by Gasteiger charge is 2.38. The molecular formula is C22H21F4N5O4. The van der Waals surface area contributed by atoms with Crippen LogP contribution in [0.15, 0.2) is 48.9 Å². The van der Waals surface area contributed by atoms with Gasteiger partial charge in [0.15, 0.2) is 0 Å². The summed E-state index contributed by atoms with van der Waals surface area (Å²) in [7, 11) is 1.80. The van der Waals surface area contributed by atoms with Crippen LogP contribution < -0.4 is 10.2 Å². The summed E-state index contributed by atoms with van der Waals surface area (Å²) in [5, 5.41) is 9.89. The maximum atomic E-state index is 13.0. The topological polar surface area (TPSA) is 110 Å². The minimum atomic E-state index is -5.08. The van der Waals surface area contributed by atoms with Gasteiger partial charge in [0.2, 0.25) is 5.95 Å². The molecular weight excluding hydrogens is 474 g/mol. The van der Waals surface area contributed by atoms with Crippen molar-refractivity contribution < 1.29 is 37.0 Å². The van der Waals surface area contributed by atoms with Crippen molar-refractivity contribution in [1.29, 1.82) is 0 Å². The Balaban J connectivity index is 0.000000429. The number of benzene rings is 1. The number of hydrogen-bond acceptors (Lipinski definition) is 6. The summed E-state index contributed by atoms with van der Waals surface area (Å²) in [5.74, 6) is -2.70. The number of nitrogens with one attached hydrogen (secondary N) is 1. The first kappa shape index (κ1) is 25.6. The minimum absolute atomic E-state index is 0.272. The van der Waals surface area contributed by atoms with Crippen LogP contribution in [0.25, 0.3) is 11.1 Å². The van der Waals surface area contributed by atoms with Gasteiger partial charge in [0.1, 0.15) is 11.5 Å². The summed E-state index contributed by atoms with van der Waals surface area (Å²) in [6, 6.07) is 7.44. The lowest BCUT2D eigenvalue weighted by atomic mass is 10.2. The Morgan fingerprint density at radius 3 is 2.17 bits per heavy atom. The first-order valence-corrected chi connectivity index (χ1v) is 10.2. The average Bonchev–Trinajstić information content (AvgIpc) is 3.23. The van der Waals surface area contributed by atoms with E-state index >= 15 is 0 Å². The van der Waals surface area contributed by atoms with Crippen LogP contribution in [0.4, 0.5) is 29.2 Å². The summed E-state index contributed by atoms with van der Waals surface area (Å²) in [4.78, 5) is 32.4. The SMILES string of the molecule is Cn1cc(-c2cnc(N3CCOCC3)nc2)cc1C(=O)Nc1ccc(F)cc1.O=C(O)C(F)(F)F. The Bertz CT molecular complexity index is 1160. The van der Waals surface area contributed by atoms with Gasteiger partial charge in [-0.1, -0.05) is 0 Å². The lowest BCUT2D eigenvalue weighted by Crippen LogP contribution is -2.37. The normalized spacial score (nSPS) is 13.6. The molecule has 1 amide bonds. The molecule has 0 aliphatic carbocycles. The molecule has 13 heteroatoms. The Hall–Kier alpha value is -4.00. The number of aliphatic carboxylic acids is 1. The quantitative estimate of drug-likeness (QED) is 0.535. The second-order valence-electron chi connectivity index (χ2n) is 7.36. The molecule has 0 saturated carbocycles. The van der Waals surface area contributed by atoms with Crippen molar-refractivity contribution >= 4 is 23.5 Å². The molecule has 9 nitrogen and oxygen atoms in total. The minimum Gasteiger partial charge on any atom is -0.475 e. The lowest BCUT2D eigenvalue weighted by Gasteiger charge is -2.26. The molecule has 1 aromatic carbocycles. The van der Waals surface area contributed by atoms with Crippen molar-refractivity contribution in [1.82, 2.24) is 14.5 Å². The molecule has 0 spiro atoms. The molecule has 1 aliphatic heterocycles. The summed E-state index contributed by atoms with van der Waals surface area (Å²) in [6.45, 7) is 2.91. The first-order chi connectivity index (χ1) is 16.5. The molecule has 186 valence electrons. The predicted molar refractivity (Wildman–Crippen MR) is 118 cm³/mol. The molecule has 2 aromatic heterocycles. The largest absolute Gasteiger partial charge is 0.490 e. The number of carboxylic acids is 1. The Kier molecular flexibility index (Phi) is 8.02. The number of hydrogen-bond donors (Lipinski definition) is 2. The third kappa shape index (κ3) is 6.99. The summed E-state index contributed by atoms with van der Waals surface area (Å²) in [6.07, 6.45) is 0.288. The predicted octanol–water partition coefficient (Wildman–Crippen LogP) is 3.34. The average molecular weight is 495 g/mol. The number of carbonyl (C=O) groups excluding carboxylic acids is 1. The Morgan fingerprint density at radius 2 is 1.63 bits per heavy atom. The second kappa shape index (κ2) is 11.0. The Morgan fingerprint density at radius 1 is 1.06 bits per heavy atom. The highest BCUT2D eigenvalue weighted by atomic mass is 19.4. The number of alkyl halides is 3. The van der Waals surface area contributed by atoms with Gasteiger partial charge >= 0.3 is 12.1 Å². The highest BCUT2D eigenvalue weighted by Crippen LogP contribution is 2.23. The Labute approximate surface area is 197 Å². The number of morpholine rings is 1. The maximum absolute atomic E-state index is 13.0. The molecule has 4 rings (SSSR count). The molecule has 3 heterocycles. The van der Waals surface area contributed by atoms with Gasteiger partial charge in [0.25, 0.3) is 5.91 Å². The van der Waals surface area contributed by atoms with E-state index in [1.54, 1.807) is 30.1 Å². The molecule has 0 radical (unpaired) electrons. The van der Waals surface area contributed by atoms with E-state index in [1.807, 2.05) is 6.20 Å². The zero-order valence-electron chi connectivity index (χ0n) is 18.4. The third-order valence-corrected chi connectivity index (χ3v) is 4.85. The van der Waals surface area contributed by atoms with Crippen LogP contribution in [0.5, 0.6) is 0 Å². The van der Waals surface area contributed by atoms with Crippen molar-refractivity contribution in [3.63, 3.8) is 0 Å². The van der Waals surface area contributed by atoms with Gasteiger partial charge in [-0.25, -0.2) is 19.2 Å². The van der Waals surface area contributed by atoms with E-state index in [-0.39, 0.29) is 11.7 Å². The number of amides is 1. The fourth-order valence-electron chi connectivity index (χ4n) is 3.07. The number of anilines is 2. The van der Waals surface area contributed by atoms with Crippen molar-refractivity contribution in [3.05, 3.63) is 60.4 Å². The van der Waals surface area contributed by atoms with Crippen LogP contribution in [-0.2, 0) is 16.6 Å². The standard InChI is InChI=1S/C20H20FN5O2.C2HF3O2/c1-25-13-14(10-18(25)19(27)24-17-4-2-16(21)3-5-17)15-11-22-20(23-12-15)26-6-8-28-9-7-26;3-2(4,5)1(6)7/h2-5,10-13H,6-9H2,1H3,(H,24,27);(H,6,7). The van der Waals surface area contributed by atoms with Crippen LogP contribution in [-0.4, -0.2) is 64.0 Å². The van der Waals surface area contributed by atoms with E-state index in [0.717, 1.165) is 24.2 Å². The van der Waals surface area contributed by atoms with Gasteiger partial charge in [0.05, 0.1) is 13.2 Å². The van der Waals surface area contributed by atoms with Crippen molar-refractivity contribution in [3.8, 4) is 11.1 Å². The van der Waals surface area contributed by atoms with E-state index < -0.39 is 12.1 Å². The fourth-order valence-corrected chi connectivity index (χ4v) is 3.07. The molecule has 1 fully saturated rings. The number of rotatable bonds is 4. The van der Waals surface area contributed by atoms with Crippen LogP contribution in [0.1, 0.15) is 10.5 Å². The van der Waals surface area contributed by atoms with Gasteiger partial charge in [0, 0.05) is 55.5 Å². The zero-order valence-corrected chi connectivity index (χ0v) is 18.4. The highest BCUT2D eigenvalue weighted by molar-refractivity contribution is 6.04. The second-order valence-corrected chi connectivity index (χ2v) is 7.36. The number of aryl methyl sites for hydroxylation is 1. The van der Waals surface area contributed by atoms with Crippen molar-refractivity contribution in [2.45, 2.75) is 6.18 Å². The van der Waals surface area contributed by atoms with Crippen molar-refractivity contribution in [2.24, 2.45) is 7.05 Å². The van der Waals surface area contributed by atoms with Gasteiger partial charge < -0.3 is 24.6 Å². The van der Waals surface area contributed by atoms with Crippen LogP contribution >= 0.6 is 0 Å². The molecule has 1 aliphatic rings. The zero-order chi connectivity index (χ0) is 25.6. The number of nitrogens with zero attached hydrogens (tertiary/aromatic N) is 4. The van der Waals surface area contributed by atoms with Gasteiger partial charge in [-0.2, -0.15) is 13.2 Å². The number of ether oxygens (including phenoxy) is 1. The van der Waals surface area contributed by atoms with E-state index in [0.29, 0.717) is 30.5 Å². The van der Waals surface area contributed by atoms with E-state index in [9.17, 15) is 22.4 Å². The smallest absolute Gasteiger partial charge is 0.475 e. The summed E-state index contributed by atoms with van der Waals surface area (Å²) >= 11 is 0. The number of halogens is 4. The first-order valence-electron chi connectivity index (χ1n) is 10.2. The molecule has 35 heavy (non-hydrogen) atoms. The molecule has 0 atom stereocenters. The van der Waals surface area contributed by atoms with Gasteiger partial charge in [-0.3, -0.25) is 4.79 Å². The summed E-state index contributed by atoms with van der Waals surface area (Å²) < 4.78 is 51.8. The van der Waals surface area contributed by atoms with E-state index in [2.05, 4.69) is 20.2 Å². The van der Waals surface area contributed by atoms with E-state index in [4.69, 9.17) is 14.6 Å². The fraction of sp³-hybridized carbons (Fsp3) is 0.273. The molecule has 0 bridgehead atoms. The van der Waals surface area contributed by atoms with E-state index in [1.165, 1.54) is 24.3 Å². The van der Waals surface area contributed by atoms with Crippen LogP contribution in [0, 0.1) is 5.82 Å². The number of aromatic nitrogens is 3. The molecule has 2 N–H and O–H groups in total. The maximum Gasteiger partial charge on any atom is 0.490 e. The molecule has 0 unspecified atom stereocenters. The van der Waals surface area contributed by atoms with Gasteiger partial charge in [-0.15, -0.1) is 0 Å². The van der Waals surface area contributed by atoms with Crippen LogP contribution in [0.2, 0.25) is 0 Å². The molecule has 1 saturated heterocycles. The van der Waals surface area contributed by atoms with Crippen molar-refractivity contribution in [2.75, 3.05) is 36.5 Å².